The van der Waals surface area contributed by atoms with E-state index < -0.39 is 0 Å². The van der Waals surface area contributed by atoms with E-state index in [1.54, 1.807) is 0 Å². The third kappa shape index (κ3) is 4.57. The summed E-state index contributed by atoms with van der Waals surface area (Å²) in [6.45, 7) is 8.02. The van der Waals surface area contributed by atoms with Gasteiger partial charge >= 0.3 is 0 Å². The van der Waals surface area contributed by atoms with Crippen molar-refractivity contribution >= 4 is 5.69 Å². The molecule has 0 bridgehead atoms. The molecule has 1 N–H and O–H groups in total. The molecule has 0 radical (unpaired) electrons. The molecule has 1 saturated heterocycles. The van der Waals surface area contributed by atoms with Crippen LogP contribution in [0.25, 0.3) is 0 Å². The summed E-state index contributed by atoms with van der Waals surface area (Å²) in [7, 11) is 0. The summed E-state index contributed by atoms with van der Waals surface area (Å²) in [4.78, 5) is 2.42. The van der Waals surface area contributed by atoms with Gasteiger partial charge in [0.25, 0.3) is 0 Å². The van der Waals surface area contributed by atoms with E-state index in [9.17, 15) is 0 Å². The molecule has 2 aromatic rings. The molecule has 1 aliphatic heterocycles. The van der Waals surface area contributed by atoms with Gasteiger partial charge in [0, 0.05) is 31.9 Å². The lowest BCUT2D eigenvalue weighted by Crippen LogP contribution is -2.45. The Morgan fingerprint density at radius 1 is 0.870 bits per heavy atom. The van der Waals surface area contributed by atoms with Crippen molar-refractivity contribution in [1.82, 2.24) is 5.32 Å². The molecular weight excluding hydrogens is 284 g/mol. The van der Waals surface area contributed by atoms with Gasteiger partial charge in [-0.2, -0.15) is 0 Å². The number of anilines is 1. The molecule has 2 atom stereocenters. The van der Waals surface area contributed by atoms with Crippen LogP contribution in [0.3, 0.4) is 0 Å². The van der Waals surface area contributed by atoms with E-state index in [1.165, 1.54) is 16.8 Å². The monoisotopic (exact) mass is 310 g/mol. The topological polar surface area (TPSA) is 24.5 Å². The molecule has 1 fully saturated rings. The highest BCUT2D eigenvalue weighted by Crippen LogP contribution is 2.20. The van der Waals surface area contributed by atoms with Crippen LogP contribution in [-0.4, -0.2) is 25.3 Å². The first-order chi connectivity index (χ1) is 11.2. The van der Waals surface area contributed by atoms with Crippen molar-refractivity contribution in [3.05, 3.63) is 65.7 Å². The maximum Gasteiger partial charge on any atom is 0.0726 e. The molecule has 3 nitrogen and oxygen atoms in total. The Kier molecular flexibility index (Phi) is 5.31. The minimum Gasteiger partial charge on any atom is -0.372 e. The zero-order chi connectivity index (χ0) is 16.1. The largest absolute Gasteiger partial charge is 0.372 e. The first-order valence-electron chi connectivity index (χ1n) is 8.44. The van der Waals surface area contributed by atoms with Crippen LogP contribution < -0.4 is 10.2 Å². The fourth-order valence-electron chi connectivity index (χ4n) is 3.16. The van der Waals surface area contributed by atoms with Crippen LogP contribution in [0.1, 0.15) is 25.0 Å². The fourth-order valence-corrected chi connectivity index (χ4v) is 3.16. The van der Waals surface area contributed by atoms with Crippen LogP contribution in [0.2, 0.25) is 0 Å². The number of nitrogens with zero attached hydrogens (tertiary/aromatic N) is 1. The molecule has 23 heavy (non-hydrogen) atoms. The molecule has 2 unspecified atom stereocenters. The molecule has 3 heteroatoms. The molecule has 0 saturated carbocycles. The van der Waals surface area contributed by atoms with Gasteiger partial charge in [0.1, 0.15) is 0 Å². The highest BCUT2D eigenvalue weighted by molar-refractivity contribution is 5.48. The van der Waals surface area contributed by atoms with Crippen LogP contribution in [-0.2, 0) is 17.8 Å². The second kappa shape index (κ2) is 7.62. The molecule has 122 valence electrons. The Hall–Kier alpha value is -1.84. The molecule has 0 spiro atoms. The number of hydrogen-bond donors (Lipinski definition) is 1. The minimum absolute atomic E-state index is 0.297. The average molecular weight is 310 g/mol. The first kappa shape index (κ1) is 16.0. The summed E-state index contributed by atoms with van der Waals surface area (Å²) >= 11 is 0. The molecule has 0 aromatic heterocycles. The standard InChI is InChI=1S/C20H26N2O/c1-16-14-22(15-17(2)23-16)20-10-8-19(9-11-20)13-21-12-18-6-4-3-5-7-18/h3-11,16-17,21H,12-15H2,1-2H3. The highest BCUT2D eigenvalue weighted by atomic mass is 16.5. The molecule has 2 aromatic carbocycles. The number of benzene rings is 2. The molecule has 3 rings (SSSR count). The van der Waals surface area contributed by atoms with E-state index in [4.69, 9.17) is 4.74 Å². The fraction of sp³-hybridized carbons (Fsp3) is 0.400. The van der Waals surface area contributed by atoms with Gasteiger partial charge < -0.3 is 15.0 Å². The summed E-state index contributed by atoms with van der Waals surface area (Å²) in [5.41, 5.74) is 3.93. The lowest BCUT2D eigenvalue weighted by molar-refractivity contribution is -0.00521. The van der Waals surface area contributed by atoms with Crippen molar-refractivity contribution in [3.63, 3.8) is 0 Å². The first-order valence-corrected chi connectivity index (χ1v) is 8.44. The van der Waals surface area contributed by atoms with E-state index in [2.05, 4.69) is 78.7 Å². The van der Waals surface area contributed by atoms with Gasteiger partial charge in [0.2, 0.25) is 0 Å². The number of ether oxygens (including phenoxy) is 1. The number of rotatable bonds is 5. The van der Waals surface area contributed by atoms with E-state index in [-0.39, 0.29) is 0 Å². The van der Waals surface area contributed by atoms with E-state index >= 15 is 0 Å². The zero-order valence-electron chi connectivity index (χ0n) is 14.0. The smallest absolute Gasteiger partial charge is 0.0726 e. The Bertz CT molecular complexity index is 587. The van der Waals surface area contributed by atoms with Crippen molar-refractivity contribution in [2.75, 3.05) is 18.0 Å². The van der Waals surface area contributed by atoms with Crippen LogP contribution >= 0.6 is 0 Å². The second-order valence-electron chi connectivity index (χ2n) is 6.42. The maximum absolute atomic E-state index is 5.81. The average Bonchev–Trinajstić information content (AvgIpc) is 2.56. The summed E-state index contributed by atoms with van der Waals surface area (Å²) in [6.07, 6.45) is 0.594. The van der Waals surface area contributed by atoms with E-state index in [1.807, 2.05) is 0 Å². The number of nitrogens with one attached hydrogen (secondary N) is 1. The molecule has 0 amide bonds. The van der Waals surface area contributed by atoms with Crippen LogP contribution in [0, 0.1) is 0 Å². The Labute approximate surface area is 139 Å². The summed E-state index contributed by atoms with van der Waals surface area (Å²) in [5, 5.41) is 3.50. The second-order valence-corrected chi connectivity index (χ2v) is 6.42. The number of morpholine rings is 1. The maximum atomic E-state index is 5.81. The molecule has 0 aliphatic carbocycles. The third-order valence-corrected chi connectivity index (χ3v) is 4.22. The van der Waals surface area contributed by atoms with Gasteiger partial charge in [-0.05, 0) is 37.1 Å². The normalized spacial score (nSPS) is 21.4. The predicted molar refractivity (Wildman–Crippen MR) is 95.6 cm³/mol. The summed E-state index contributed by atoms with van der Waals surface area (Å²) in [6, 6.07) is 19.4. The lowest BCUT2D eigenvalue weighted by Gasteiger charge is -2.36. The SMILES string of the molecule is CC1CN(c2ccc(CNCc3ccccc3)cc2)CC(C)O1. The van der Waals surface area contributed by atoms with Crippen LogP contribution in [0.5, 0.6) is 0 Å². The molecule has 1 heterocycles. The Morgan fingerprint density at radius 3 is 2.04 bits per heavy atom. The van der Waals surface area contributed by atoms with Gasteiger partial charge in [0.05, 0.1) is 12.2 Å². The number of hydrogen-bond acceptors (Lipinski definition) is 3. The predicted octanol–water partition coefficient (Wildman–Crippen LogP) is 3.59. The van der Waals surface area contributed by atoms with Gasteiger partial charge in [-0.25, -0.2) is 0 Å². The molecule has 1 aliphatic rings. The van der Waals surface area contributed by atoms with Crippen molar-refractivity contribution in [1.29, 1.82) is 0 Å². The van der Waals surface area contributed by atoms with Crippen molar-refractivity contribution in [2.24, 2.45) is 0 Å². The summed E-state index contributed by atoms with van der Waals surface area (Å²) < 4.78 is 5.81. The lowest BCUT2D eigenvalue weighted by atomic mass is 10.1. The zero-order valence-corrected chi connectivity index (χ0v) is 14.0. The van der Waals surface area contributed by atoms with Crippen molar-refractivity contribution in [3.8, 4) is 0 Å². The minimum atomic E-state index is 0.297. The van der Waals surface area contributed by atoms with Gasteiger partial charge in [-0.3, -0.25) is 0 Å². The molecular formula is C20H26N2O. The van der Waals surface area contributed by atoms with Gasteiger partial charge in [-0.15, -0.1) is 0 Å². The summed E-state index contributed by atoms with van der Waals surface area (Å²) in [5.74, 6) is 0. The Morgan fingerprint density at radius 2 is 1.43 bits per heavy atom. The van der Waals surface area contributed by atoms with Crippen molar-refractivity contribution < 1.29 is 4.74 Å². The Balaban J connectivity index is 1.53. The third-order valence-electron chi connectivity index (χ3n) is 4.22. The van der Waals surface area contributed by atoms with E-state index in [0.717, 1.165) is 26.2 Å². The van der Waals surface area contributed by atoms with Gasteiger partial charge in [0.15, 0.2) is 0 Å². The quantitative estimate of drug-likeness (QED) is 0.913. The van der Waals surface area contributed by atoms with Crippen LogP contribution in [0.15, 0.2) is 54.6 Å². The van der Waals surface area contributed by atoms with E-state index in [0.29, 0.717) is 12.2 Å². The van der Waals surface area contributed by atoms with Crippen LogP contribution in [0.4, 0.5) is 5.69 Å². The van der Waals surface area contributed by atoms with Gasteiger partial charge in [-0.1, -0.05) is 42.5 Å². The highest BCUT2D eigenvalue weighted by Gasteiger charge is 2.22. The van der Waals surface area contributed by atoms with Crippen molar-refractivity contribution in [2.45, 2.75) is 39.1 Å².